The molecule has 1 saturated carbocycles. The van der Waals surface area contributed by atoms with Crippen molar-refractivity contribution in [3.8, 4) is 0 Å². The van der Waals surface area contributed by atoms with Gasteiger partial charge in [0.15, 0.2) is 0 Å². The van der Waals surface area contributed by atoms with Gasteiger partial charge in [-0.2, -0.15) is 0 Å². The third-order valence-corrected chi connectivity index (χ3v) is 2.89. The Morgan fingerprint density at radius 1 is 1.17 bits per heavy atom. The Balaban J connectivity index is 2.71. The SMILES string of the molecule is C[C@@H]1C[C@H](C)[C@@H](O)[C@H](O)[C@H]1C=O. The summed E-state index contributed by atoms with van der Waals surface area (Å²) in [5.74, 6) is -0.127. The molecule has 0 aromatic carbocycles. The van der Waals surface area contributed by atoms with Crippen molar-refractivity contribution in [2.45, 2.75) is 32.5 Å². The van der Waals surface area contributed by atoms with Gasteiger partial charge in [-0.1, -0.05) is 13.8 Å². The summed E-state index contributed by atoms with van der Waals surface area (Å²) in [4.78, 5) is 10.6. The number of hydrogen-bond acceptors (Lipinski definition) is 3. The Morgan fingerprint density at radius 2 is 1.75 bits per heavy atom. The molecule has 0 aromatic rings. The molecule has 12 heavy (non-hydrogen) atoms. The van der Waals surface area contributed by atoms with Crippen molar-refractivity contribution in [2.75, 3.05) is 0 Å². The van der Waals surface area contributed by atoms with E-state index in [1.807, 2.05) is 13.8 Å². The topological polar surface area (TPSA) is 57.5 Å². The maximum absolute atomic E-state index is 10.6. The summed E-state index contributed by atoms with van der Waals surface area (Å²) < 4.78 is 0. The second-order valence-corrected chi connectivity index (χ2v) is 3.88. The summed E-state index contributed by atoms with van der Waals surface area (Å²) >= 11 is 0. The van der Waals surface area contributed by atoms with Crippen LogP contribution in [0.15, 0.2) is 0 Å². The van der Waals surface area contributed by atoms with Gasteiger partial charge in [0.2, 0.25) is 0 Å². The molecule has 0 bridgehead atoms. The molecule has 0 heterocycles. The largest absolute Gasteiger partial charge is 0.390 e. The molecule has 0 radical (unpaired) electrons. The highest BCUT2D eigenvalue weighted by molar-refractivity contribution is 5.55. The van der Waals surface area contributed by atoms with Crippen molar-refractivity contribution in [1.82, 2.24) is 0 Å². The number of hydrogen-bond donors (Lipinski definition) is 2. The minimum atomic E-state index is -0.874. The molecule has 1 fully saturated rings. The average Bonchev–Trinajstić information content (AvgIpc) is 2.01. The first-order chi connectivity index (χ1) is 5.57. The van der Waals surface area contributed by atoms with Crippen LogP contribution in [0.2, 0.25) is 0 Å². The first kappa shape index (κ1) is 9.68. The lowest BCUT2D eigenvalue weighted by Gasteiger charge is -2.37. The zero-order valence-electron chi connectivity index (χ0n) is 7.47. The van der Waals surface area contributed by atoms with Gasteiger partial charge in [-0.3, -0.25) is 0 Å². The smallest absolute Gasteiger partial charge is 0.126 e. The molecule has 1 aliphatic carbocycles. The average molecular weight is 172 g/mol. The molecule has 0 amide bonds. The second kappa shape index (κ2) is 3.54. The minimum Gasteiger partial charge on any atom is -0.390 e. The molecule has 0 aliphatic heterocycles. The van der Waals surface area contributed by atoms with Crippen LogP contribution in [0.4, 0.5) is 0 Å². The predicted molar refractivity (Wildman–Crippen MR) is 44.5 cm³/mol. The van der Waals surface area contributed by atoms with Crippen molar-refractivity contribution in [2.24, 2.45) is 17.8 Å². The predicted octanol–water partition coefficient (Wildman–Crippen LogP) is 0.199. The molecule has 1 rings (SSSR count). The lowest BCUT2D eigenvalue weighted by molar-refractivity contribution is -0.130. The van der Waals surface area contributed by atoms with Crippen LogP contribution in [-0.2, 0) is 4.79 Å². The van der Waals surface area contributed by atoms with Gasteiger partial charge in [-0.25, -0.2) is 0 Å². The third kappa shape index (κ3) is 1.52. The fourth-order valence-corrected chi connectivity index (χ4v) is 2.00. The molecule has 0 unspecified atom stereocenters. The first-order valence-corrected chi connectivity index (χ1v) is 4.39. The molecule has 0 spiro atoms. The van der Waals surface area contributed by atoms with E-state index < -0.39 is 18.1 Å². The Hall–Kier alpha value is -0.410. The summed E-state index contributed by atoms with van der Waals surface area (Å²) in [5.41, 5.74) is 0. The van der Waals surface area contributed by atoms with Crippen LogP contribution in [0, 0.1) is 17.8 Å². The van der Waals surface area contributed by atoms with Crippen molar-refractivity contribution in [3.05, 3.63) is 0 Å². The van der Waals surface area contributed by atoms with E-state index in [2.05, 4.69) is 0 Å². The molecule has 0 saturated heterocycles. The van der Waals surface area contributed by atoms with Crippen molar-refractivity contribution in [1.29, 1.82) is 0 Å². The third-order valence-electron chi connectivity index (χ3n) is 2.89. The Labute approximate surface area is 72.4 Å². The fraction of sp³-hybridized carbons (Fsp3) is 0.889. The number of aliphatic hydroxyl groups is 2. The van der Waals surface area contributed by atoms with E-state index in [1.165, 1.54) is 0 Å². The molecular formula is C9H16O3. The van der Waals surface area contributed by atoms with E-state index in [9.17, 15) is 15.0 Å². The van der Waals surface area contributed by atoms with E-state index in [4.69, 9.17) is 0 Å². The van der Waals surface area contributed by atoms with Crippen molar-refractivity contribution >= 4 is 6.29 Å². The van der Waals surface area contributed by atoms with Gasteiger partial charge in [0.1, 0.15) is 6.29 Å². The number of carbonyl (C=O) groups excluding carboxylic acids is 1. The molecule has 3 heteroatoms. The standard InChI is InChI=1S/C9H16O3/c1-5-3-6(2)8(11)9(12)7(5)4-10/h4-9,11-12H,3H2,1-2H3/t5-,6+,7+,8-,9-/m1/s1. The summed E-state index contributed by atoms with van der Waals surface area (Å²) in [7, 11) is 0. The first-order valence-electron chi connectivity index (χ1n) is 4.39. The summed E-state index contributed by atoms with van der Waals surface area (Å²) in [6.45, 7) is 3.83. The summed E-state index contributed by atoms with van der Waals surface area (Å²) in [6.07, 6.45) is -0.0517. The lowest BCUT2D eigenvalue weighted by Crippen LogP contribution is -2.46. The molecule has 3 nitrogen and oxygen atoms in total. The van der Waals surface area contributed by atoms with E-state index in [1.54, 1.807) is 0 Å². The molecule has 5 atom stereocenters. The molecule has 2 N–H and O–H groups in total. The van der Waals surface area contributed by atoms with Gasteiger partial charge in [-0.15, -0.1) is 0 Å². The highest BCUT2D eigenvalue weighted by atomic mass is 16.3. The van der Waals surface area contributed by atoms with Crippen molar-refractivity contribution in [3.63, 3.8) is 0 Å². The van der Waals surface area contributed by atoms with Crippen molar-refractivity contribution < 1.29 is 15.0 Å². The Kier molecular flexibility index (Phi) is 2.85. The summed E-state index contributed by atoms with van der Waals surface area (Å²) in [6, 6.07) is 0. The zero-order chi connectivity index (χ0) is 9.30. The monoisotopic (exact) mass is 172 g/mol. The van der Waals surface area contributed by atoms with Crippen LogP contribution >= 0.6 is 0 Å². The second-order valence-electron chi connectivity index (χ2n) is 3.88. The van der Waals surface area contributed by atoms with Crippen LogP contribution in [0.5, 0.6) is 0 Å². The quantitative estimate of drug-likeness (QED) is 0.555. The van der Waals surface area contributed by atoms with E-state index in [0.29, 0.717) is 0 Å². The number of aliphatic hydroxyl groups excluding tert-OH is 2. The number of carbonyl (C=O) groups is 1. The van der Waals surface area contributed by atoms with Gasteiger partial charge in [-0.05, 0) is 18.3 Å². The maximum Gasteiger partial charge on any atom is 0.126 e. The zero-order valence-corrected chi connectivity index (χ0v) is 7.47. The van der Waals surface area contributed by atoms with Crippen LogP contribution < -0.4 is 0 Å². The lowest BCUT2D eigenvalue weighted by atomic mass is 9.73. The molecule has 0 aromatic heterocycles. The van der Waals surface area contributed by atoms with Crippen LogP contribution in [0.1, 0.15) is 20.3 Å². The summed E-state index contributed by atoms with van der Waals surface area (Å²) in [5, 5.41) is 19.0. The van der Waals surface area contributed by atoms with E-state index in [0.717, 1.165) is 12.7 Å². The van der Waals surface area contributed by atoms with E-state index >= 15 is 0 Å². The number of aldehydes is 1. The Bertz CT molecular complexity index is 169. The van der Waals surface area contributed by atoms with Crippen LogP contribution in [-0.4, -0.2) is 28.7 Å². The van der Waals surface area contributed by atoms with Crippen LogP contribution in [0.25, 0.3) is 0 Å². The van der Waals surface area contributed by atoms with Gasteiger partial charge in [0.05, 0.1) is 12.2 Å². The van der Waals surface area contributed by atoms with Gasteiger partial charge < -0.3 is 15.0 Å². The van der Waals surface area contributed by atoms with Crippen LogP contribution in [0.3, 0.4) is 0 Å². The number of rotatable bonds is 1. The minimum absolute atomic E-state index is 0.0891. The Morgan fingerprint density at radius 3 is 2.25 bits per heavy atom. The van der Waals surface area contributed by atoms with Gasteiger partial charge in [0.25, 0.3) is 0 Å². The highest BCUT2D eigenvalue weighted by Gasteiger charge is 2.39. The van der Waals surface area contributed by atoms with Gasteiger partial charge in [0, 0.05) is 5.92 Å². The van der Waals surface area contributed by atoms with Gasteiger partial charge >= 0.3 is 0 Å². The molecule has 70 valence electrons. The fourth-order valence-electron chi connectivity index (χ4n) is 2.00. The molecule has 1 aliphatic rings. The highest BCUT2D eigenvalue weighted by Crippen LogP contribution is 2.32. The maximum atomic E-state index is 10.6. The van der Waals surface area contributed by atoms with E-state index in [-0.39, 0.29) is 11.8 Å². The molecular weight excluding hydrogens is 156 g/mol. The normalized spacial score (nSPS) is 48.8.